The van der Waals surface area contributed by atoms with Crippen LogP contribution >= 0.6 is 24.0 Å². The number of unbranched alkanes of at least 4 members (excludes halogenated alkanes) is 2. The Labute approximate surface area is 181 Å². The standard InChI is InChI=1S/C21H27NO5S2/c1-4-6-8-15(20(24)25)22-19(23)18(29-21(22)28)13-14-9-10-16(17(12-14)26-3)27-11-7-5-2/h9-10,12-13,15H,4-8,11H2,1-3H3,(H,24,25)/b18-13-/t15-/m0/s1. The van der Waals surface area contributed by atoms with E-state index in [1.54, 1.807) is 19.3 Å². The predicted molar refractivity (Wildman–Crippen MR) is 119 cm³/mol. The van der Waals surface area contributed by atoms with Gasteiger partial charge in [0.2, 0.25) is 0 Å². The Kier molecular flexibility index (Phi) is 8.98. The van der Waals surface area contributed by atoms with E-state index in [-0.39, 0.29) is 10.2 Å². The van der Waals surface area contributed by atoms with Gasteiger partial charge in [-0.1, -0.05) is 63.2 Å². The van der Waals surface area contributed by atoms with Crippen LogP contribution in [0.3, 0.4) is 0 Å². The lowest BCUT2D eigenvalue weighted by atomic mass is 10.1. The zero-order valence-electron chi connectivity index (χ0n) is 17.0. The fraction of sp³-hybridized carbons (Fsp3) is 0.476. The Balaban J connectivity index is 2.23. The van der Waals surface area contributed by atoms with Crippen molar-refractivity contribution in [2.75, 3.05) is 13.7 Å². The Hall–Kier alpha value is -2.06. The van der Waals surface area contributed by atoms with E-state index in [4.69, 9.17) is 21.7 Å². The molecule has 1 atom stereocenters. The molecule has 1 fully saturated rings. The number of methoxy groups -OCH3 is 1. The average Bonchev–Trinajstić information content (AvgIpc) is 2.96. The van der Waals surface area contributed by atoms with Crippen molar-refractivity contribution in [1.29, 1.82) is 0 Å². The fourth-order valence-electron chi connectivity index (χ4n) is 2.88. The van der Waals surface area contributed by atoms with Gasteiger partial charge in [-0.3, -0.25) is 9.69 Å². The topological polar surface area (TPSA) is 76.1 Å². The highest BCUT2D eigenvalue weighted by Crippen LogP contribution is 2.36. The van der Waals surface area contributed by atoms with Gasteiger partial charge < -0.3 is 14.6 Å². The summed E-state index contributed by atoms with van der Waals surface area (Å²) in [5.74, 6) is -0.176. The van der Waals surface area contributed by atoms with Crippen molar-refractivity contribution in [2.24, 2.45) is 0 Å². The summed E-state index contributed by atoms with van der Waals surface area (Å²) in [6.45, 7) is 4.68. The van der Waals surface area contributed by atoms with Gasteiger partial charge in [-0.25, -0.2) is 4.79 Å². The molecule has 0 spiro atoms. The molecule has 1 saturated heterocycles. The molecular formula is C21H27NO5S2. The van der Waals surface area contributed by atoms with E-state index in [2.05, 4.69) is 6.92 Å². The van der Waals surface area contributed by atoms with Gasteiger partial charge in [0.1, 0.15) is 10.4 Å². The van der Waals surface area contributed by atoms with Crippen molar-refractivity contribution in [2.45, 2.75) is 52.0 Å². The number of carboxylic acids is 1. The van der Waals surface area contributed by atoms with Gasteiger partial charge in [0.25, 0.3) is 5.91 Å². The molecule has 29 heavy (non-hydrogen) atoms. The minimum absolute atomic E-state index is 0.274. The highest BCUT2D eigenvalue weighted by molar-refractivity contribution is 8.26. The lowest BCUT2D eigenvalue weighted by Crippen LogP contribution is -2.43. The van der Waals surface area contributed by atoms with Crippen LogP contribution in [0.1, 0.15) is 51.5 Å². The normalized spacial score (nSPS) is 16.4. The van der Waals surface area contributed by atoms with E-state index >= 15 is 0 Å². The van der Waals surface area contributed by atoms with E-state index in [1.807, 2.05) is 19.1 Å². The number of thioether (sulfide) groups is 1. The Morgan fingerprint density at radius 1 is 1.28 bits per heavy atom. The molecule has 0 aliphatic carbocycles. The lowest BCUT2D eigenvalue weighted by molar-refractivity contribution is -0.145. The van der Waals surface area contributed by atoms with Crippen molar-refractivity contribution in [3.63, 3.8) is 0 Å². The second-order valence-electron chi connectivity index (χ2n) is 6.66. The molecule has 1 aliphatic rings. The number of benzene rings is 1. The summed E-state index contributed by atoms with van der Waals surface area (Å²) in [5.41, 5.74) is 0.755. The first-order valence-corrected chi connectivity index (χ1v) is 11.0. The average molecular weight is 438 g/mol. The van der Waals surface area contributed by atoms with E-state index in [1.165, 1.54) is 4.90 Å². The summed E-state index contributed by atoms with van der Waals surface area (Å²) in [4.78, 5) is 26.1. The van der Waals surface area contributed by atoms with Crippen LogP contribution in [0.4, 0.5) is 0 Å². The molecule has 6 nitrogen and oxygen atoms in total. The van der Waals surface area contributed by atoms with E-state index in [0.29, 0.717) is 35.9 Å². The van der Waals surface area contributed by atoms with Crippen LogP contribution in [0.15, 0.2) is 23.1 Å². The number of aliphatic carboxylic acids is 1. The van der Waals surface area contributed by atoms with Crippen LogP contribution < -0.4 is 9.47 Å². The van der Waals surface area contributed by atoms with Crippen LogP contribution in [-0.2, 0) is 9.59 Å². The first-order chi connectivity index (χ1) is 13.9. The largest absolute Gasteiger partial charge is 0.493 e. The van der Waals surface area contributed by atoms with Gasteiger partial charge in [0.05, 0.1) is 18.6 Å². The SMILES string of the molecule is CCCCOc1ccc(/C=C2\SC(=S)N([C@@H](CCCC)C(=O)O)C2=O)cc1OC. The smallest absolute Gasteiger partial charge is 0.326 e. The molecule has 0 unspecified atom stereocenters. The highest BCUT2D eigenvalue weighted by atomic mass is 32.2. The molecule has 2 rings (SSSR count). The van der Waals surface area contributed by atoms with Gasteiger partial charge in [0.15, 0.2) is 11.5 Å². The van der Waals surface area contributed by atoms with Crippen LogP contribution in [0.2, 0.25) is 0 Å². The molecule has 1 amide bonds. The number of carboxylic acid groups (broad SMARTS) is 1. The van der Waals surface area contributed by atoms with Gasteiger partial charge in [-0.2, -0.15) is 0 Å². The monoisotopic (exact) mass is 437 g/mol. The van der Waals surface area contributed by atoms with Crippen molar-refractivity contribution in [3.8, 4) is 11.5 Å². The summed E-state index contributed by atoms with van der Waals surface area (Å²) in [5, 5.41) is 9.55. The second kappa shape index (κ2) is 11.2. The summed E-state index contributed by atoms with van der Waals surface area (Å²) in [7, 11) is 1.57. The molecule has 0 bridgehead atoms. The molecule has 1 N–H and O–H groups in total. The molecule has 1 heterocycles. The number of hydrogen-bond donors (Lipinski definition) is 1. The zero-order valence-corrected chi connectivity index (χ0v) is 18.6. The number of amides is 1. The van der Waals surface area contributed by atoms with Crippen LogP contribution in [0.25, 0.3) is 6.08 Å². The molecule has 1 aliphatic heterocycles. The van der Waals surface area contributed by atoms with E-state index in [0.717, 1.165) is 36.6 Å². The van der Waals surface area contributed by atoms with Crippen LogP contribution in [0, 0.1) is 0 Å². The van der Waals surface area contributed by atoms with Crippen molar-refractivity contribution in [3.05, 3.63) is 28.7 Å². The maximum absolute atomic E-state index is 12.9. The third kappa shape index (κ3) is 5.96. The molecule has 1 aromatic rings. The number of nitrogens with zero attached hydrogens (tertiary/aromatic N) is 1. The number of thiocarbonyl (C=S) groups is 1. The van der Waals surface area contributed by atoms with Crippen LogP contribution in [-0.4, -0.2) is 46.0 Å². The second-order valence-corrected chi connectivity index (χ2v) is 8.34. The molecule has 1 aromatic carbocycles. The Bertz CT molecular complexity index is 793. The van der Waals surface area contributed by atoms with E-state index in [9.17, 15) is 14.7 Å². The number of rotatable bonds is 11. The third-order valence-corrected chi connectivity index (χ3v) is 5.82. The number of ether oxygens (including phenoxy) is 2. The number of carbonyl (C=O) groups excluding carboxylic acids is 1. The Morgan fingerprint density at radius 2 is 2.00 bits per heavy atom. The van der Waals surface area contributed by atoms with Crippen LogP contribution in [0.5, 0.6) is 11.5 Å². The van der Waals surface area contributed by atoms with Gasteiger partial charge in [-0.15, -0.1) is 0 Å². The van der Waals surface area contributed by atoms with E-state index < -0.39 is 12.0 Å². The lowest BCUT2D eigenvalue weighted by Gasteiger charge is -2.22. The molecule has 8 heteroatoms. The quantitative estimate of drug-likeness (QED) is 0.305. The summed E-state index contributed by atoms with van der Waals surface area (Å²) in [6.07, 6.45) is 5.64. The number of hydrogen-bond acceptors (Lipinski definition) is 6. The molecule has 0 radical (unpaired) electrons. The van der Waals surface area contributed by atoms with Gasteiger partial charge in [-0.05, 0) is 36.6 Å². The maximum Gasteiger partial charge on any atom is 0.326 e. The minimum Gasteiger partial charge on any atom is -0.493 e. The molecule has 0 aromatic heterocycles. The molecular weight excluding hydrogens is 410 g/mol. The molecule has 158 valence electrons. The summed E-state index contributed by atoms with van der Waals surface area (Å²) >= 11 is 6.43. The molecule has 0 saturated carbocycles. The van der Waals surface area contributed by atoms with Crippen molar-refractivity contribution in [1.82, 2.24) is 4.90 Å². The minimum atomic E-state index is -1.04. The van der Waals surface area contributed by atoms with Crippen molar-refractivity contribution < 1.29 is 24.2 Å². The third-order valence-electron chi connectivity index (χ3n) is 4.49. The first kappa shape index (κ1) is 23.2. The Morgan fingerprint density at radius 3 is 2.62 bits per heavy atom. The summed E-state index contributed by atoms with van der Waals surface area (Å²) in [6, 6.07) is 4.50. The fourth-order valence-corrected chi connectivity index (χ4v) is 4.24. The predicted octanol–water partition coefficient (Wildman–Crippen LogP) is 4.72. The number of carbonyl (C=O) groups is 2. The van der Waals surface area contributed by atoms with Gasteiger partial charge >= 0.3 is 5.97 Å². The highest BCUT2D eigenvalue weighted by Gasteiger charge is 2.40. The zero-order chi connectivity index (χ0) is 21.4. The maximum atomic E-state index is 12.9. The van der Waals surface area contributed by atoms with Crippen molar-refractivity contribution >= 4 is 46.3 Å². The first-order valence-electron chi connectivity index (χ1n) is 9.73. The summed E-state index contributed by atoms with van der Waals surface area (Å²) < 4.78 is 11.4. The van der Waals surface area contributed by atoms with Gasteiger partial charge in [0, 0.05) is 0 Å².